The molecule has 1 aliphatic heterocycles. The van der Waals surface area contributed by atoms with Gasteiger partial charge >= 0.3 is 0 Å². The summed E-state index contributed by atoms with van der Waals surface area (Å²) in [7, 11) is 0. The number of carbonyl (C=O) groups excluding carboxylic acids is 2. The van der Waals surface area contributed by atoms with Crippen LogP contribution < -0.4 is 16.4 Å². The van der Waals surface area contributed by atoms with Crippen LogP contribution in [0.5, 0.6) is 0 Å². The number of amides is 2. The molecule has 2 amide bonds. The predicted octanol–water partition coefficient (Wildman–Crippen LogP) is 5.00. The van der Waals surface area contributed by atoms with Gasteiger partial charge in [-0.1, -0.05) is 53.8 Å². The first kappa shape index (κ1) is 24.9. The topological polar surface area (TPSA) is 110 Å². The summed E-state index contributed by atoms with van der Waals surface area (Å²) < 4.78 is 5.80. The molecule has 190 valence electrons. The molecule has 37 heavy (non-hydrogen) atoms. The van der Waals surface area contributed by atoms with E-state index < -0.39 is 5.91 Å². The Labute approximate surface area is 219 Å². The Bertz CT molecular complexity index is 1430. The third-order valence-corrected chi connectivity index (χ3v) is 7.09. The van der Waals surface area contributed by atoms with E-state index in [1.54, 1.807) is 12.1 Å². The number of nitrogens with one attached hydrogen (secondary N) is 2. The summed E-state index contributed by atoms with van der Waals surface area (Å²) >= 11 is 1.16. The molecule has 1 aliphatic rings. The fourth-order valence-corrected chi connectivity index (χ4v) is 5.51. The first-order valence-corrected chi connectivity index (χ1v) is 13.0. The van der Waals surface area contributed by atoms with Crippen LogP contribution in [0.1, 0.15) is 40.3 Å². The fourth-order valence-electron chi connectivity index (χ4n) is 4.62. The lowest BCUT2D eigenvalue weighted by Gasteiger charge is -2.35. The van der Waals surface area contributed by atoms with Crippen LogP contribution in [0.4, 0.5) is 15.8 Å². The van der Waals surface area contributed by atoms with E-state index in [-0.39, 0.29) is 23.8 Å². The molecule has 1 fully saturated rings. The van der Waals surface area contributed by atoms with Crippen molar-refractivity contribution in [3.05, 3.63) is 83.6 Å². The van der Waals surface area contributed by atoms with Gasteiger partial charge in [-0.05, 0) is 54.4 Å². The van der Waals surface area contributed by atoms with Gasteiger partial charge in [0.25, 0.3) is 11.8 Å². The molecule has 9 heteroatoms. The molecule has 2 heterocycles. The summed E-state index contributed by atoms with van der Waals surface area (Å²) in [4.78, 5) is 31.7. The lowest BCUT2D eigenvalue weighted by molar-refractivity contribution is -0.0704. The number of morpholine rings is 1. The van der Waals surface area contributed by atoms with Crippen LogP contribution in [0.25, 0.3) is 10.8 Å². The standard InChI is InChI=1S/C28H29N5O3S/c1-17-14-33(15-18(2)36-17)16-19-7-9-21(10-8-19)26(35)32-27-24(25(29)34)31-28(37-27)30-23-12-11-20-5-3-4-6-22(20)13-23/h3-13,17-18H,14-16H2,1-2H3,(H2,29,34)(H,30,31)(H,32,35). The molecule has 0 aliphatic carbocycles. The Hall–Kier alpha value is -3.79. The molecular formula is C28H29N5O3S. The van der Waals surface area contributed by atoms with Crippen molar-refractivity contribution in [2.24, 2.45) is 5.73 Å². The van der Waals surface area contributed by atoms with Crippen molar-refractivity contribution in [2.45, 2.75) is 32.6 Å². The second-order valence-electron chi connectivity index (χ2n) is 9.35. The highest BCUT2D eigenvalue weighted by molar-refractivity contribution is 7.20. The van der Waals surface area contributed by atoms with Crippen LogP contribution in [0.15, 0.2) is 66.7 Å². The highest BCUT2D eigenvalue weighted by atomic mass is 32.1. The molecule has 0 saturated carbocycles. The third-order valence-electron chi connectivity index (χ3n) is 6.21. The van der Waals surface area contributed by atoms with Gasteiger partial charge in [0, 0.05) is 30.9 Å². The molecule has 3 aromatic carbocycles. The van der Waals surface area contributed by atoms with Crippen molar-refractivity contribution in [3.8, 4) is 0 Å². The van der Waals surface area contributed by atoms with Gasteiger partial charge < -0.3 is 21.1 Å². The van der Waals surface area contributed by atoms with Gasteiger partial charge in [-0.15, -0.1) is 0 Å². The molecule has 2 unspecified atom stereocenters. The second-order valence-corrected chi connectivity index (χ2v) is 10.3. The van der Waals surface area contributed by atoms with Crippen LogP contribution in [0.2, 0.25) is 0 Å². The quantitative estimate of drug-likeness (QED) is 0.320. The smallest absolute Gasteiger partial charge is 0.270 e. The average Bonchev–Trinajstić information content (AvgIpc) is 3.26. The van der Waals surface area contributed by atoms with Crippen molar-refractivity contribution in [3.63, 3.8) is 0 Å². The molecule has 2 atom stereocenters. The lowest BCUT2D eigenvalue weighted by atomic mass is 10.1. The Balaban J connectivity index is 1.27. The van der Waals surface area contributed by atoms with Gasteiger partial charge in [-0.3, -0.25) is 14.5 Å². The number of rotatable bonds is 7. The first-order valence-electron chi connectivity index (χ1n) is 12.2. The van der Waals surface area contributed by atoms with Crippen molar-refractivity contribution >= 4 is 49.7 Å². The number of anilines is 3. The molecular weight excluding hydrogens is 486 g/mol. The lowest BCUT2D eigenvalue weighted by Crippen LogP contribution is -2.44. The van der Waals surface area contributed by atoms with Gasteiger partial charge in [0.05, 0.1) is 12.2 Å². The van der Waals surface area contributed by atoms with E-state index in [1.807, 2.05) is 54.6 Å². The summed E-state index contributed by atoms with van der Waals surface area (Å²) in [6.45, 7) is 6.72. The number of aromatic nitrogens is 1. The Kier molecular flexibility index (Phi) is 7.18. The zero-order chi connectivity index (χ0) is 25.9. The van der Waals surface area contributed by atoms with Crippen molar-refractivity contribution < 1.29 is 14.3 Å². The van der Waals surface area contributed by atoms with E-state index in [0.717, 1.165) is 53.0 Å². The summed E-state index contributed by atoms with van der Waals surface area (Å²) in [5.41, 5.74) is 8.00. The zero-order valence-corrected chi connectivity index (χ0v) is 21.5. The highest BCUT2D eigenvalue weighted by Gasteiger charge is 2.22. The average molecular weight is 516 g/mol. The molecule has 1 aromatic heterocycles. The highest BCUT2D eigenvalue weighted by Crippen LogP contribution is 2.32. The minimum Gasteiger partial charge on any atom is -0.373 e. The maximum atomic E-state index is 13.0. The van der Waals surface area contributed by atoms with Gasteiger partial charge in [0.2, 0.25) is 0 Å². The Morgan fingerprint density at radius 3 is 2.43 bits per heavy atom. The van der Waals surface area contributed by atoms with Gasteiger partial charge in [0.1, 0.15) is 5.00 Å². The monoisotopic (exact) mass is 515 g/mol. The largest absolute Gasteiger partial charge is 0.373 e. The van der Waals surface area contributed by atoms with E-state index in [1.165, 1.54) is 0 Å². The molecule has 0 radical (unpaired) electrons. The molecule has 5 rings (SSSR count). The number of hydrogen-bond acceptors (Lipinski definition) is 7. The fraction of sp³-hybridized carbons (Fsp3) is 0.250. The number of fused-ring (bicyclic) bond motifs is 1. The van der Waals surface area contributed by atoms with Crippen LogP contribution in [-0.4, -0.2) is 47.0 Å². The minimum atomic E-state index is -0.706. The number of ether oxygens (including phenoxy) is 1. The van der Waals surface area contributed by atoms with Gasteiger partial charge in [-0.2, -0.15) is 0 Å². The summed E-state index contributed by atoms with van der Waals surface area (Å²) in [5, 5.41) is 8.99. The summed E-state index contributed by atoms with van der Waals surface area (Å²) in [5.74, 6) is -1.04. The Morgan fingerprint density at radius 2 is 1.73 bits per heavy atom. The SMILES string of the molecule is CC1CN(Cc2ccc(C(=O)Nc3sc(Nc4ccc5ccccc5c4)nc3C(N)=O)cc2)CC(C)O1. The van der Waals surface area contributed by atoms with Crippen molar-refractivity contribution in [1.29, 1.82) is 0 Å². The Morgan fingerprint density at radius 1 is 1.03 bits per heavy atom. The second kappa shape index (κ2) is 10.7. The number of carbonyl (C=O) groups is 2. The van der Waals surface area contributed by atoms with Crippen molar-refractivity contribution in [1.82, 2.24) is 9.88 Å². The molecule has 0 spiro atoms. The normalized spacial score (nSPS) is 18.0. The number of thiazole rings is 1. The first-order chi connectivity index (χ1) is 17.8. The number of hydrogen-bond donors (Lipinski definition) is 3. The summed E-state index contributed by atoms with van der Waals surface area (Å²) in [6, 6.07) is 21.5. The molecule has 4 aromatic rings. The zero-order valence-electron chi connectivity index (χ0n) is 20.7. The van der Waals surface area contributed by atoms with E-state index >= 15 is 0 Å². The minimum absolute atomic E-state index is 0.0221. The van der Waals surface area contributed by atoms with E-state index in [0.29, 0.717) is 15.7 Å². The number of primary amides is 1. The molecule has 0 bridgehead atoms. The molecule has 1 saturated heterocycles. The van der Waals surface area contributed by atoms with Crippen LogP contribution >= 0.6 is 11.3 Å². The van der Waals surface area contributed by atoms with Gasteiger partial charge in [-0.25, -0.2) is 4.98 Å². The van der Waals surface area contributed by atoms with Crippen molar-refractivity contribution in [2.75, 3.05) is 23.7 Å². The maximum absolute atomic E-state index is 13.0. The van der Waals surface area contributed by atoms with E-state index in [2.05, 4.69) is 34.4 Å². The number of benzene rings is 3. The van der Waals surface area contributed by atoms with Crippen LogP contribution in [0.3, 0.4) is 0 Å². The predicted molar refractivity (Wildman–Crippen MR) is 148 cm³/mol. The van der Waals surface area contributed by atoms with Crippen LogP contribution in [0, 0.1) is 0 Å². The van der Waals surface area contributed by atoms with Crippen LogP contribution in [-0.2, 0) is 11.3 Å². The van der Waals surface area contributed by atoms with Gasteiger partial charge in [0.15, 0.2) is 10.8 Å². The number of nitrogens with zero attached hydrogens (tertiary/aromatic N) is 2. The van der Waals surface area contributed by atoms with E-state index in [9.17, 15) is 9.59 Å². The molecule has 4 N–H and O–H groups in total. The molecule has 8 nitrogen and oxygen atoms in total. The summed E-state index contributed by atoms with van der Waals surface area (Å²) in [6.07, 6.45) is 0.404. The number of nitrogens with two attached hydrogens (primary N) is 1. The van der Waals surface area contributed by atoms with E-state index in [4.69, 9.17) is 10.5 Å². The maximum Gasteiger partial charge on any atom is 0.270 e. The third kappa shape index (κ3) is 5.96.